The number of ketones is 1. The van der Waals surface area contributed by atoms with Gasteiger partial charge in [0, 0.05) is 23.3 Å². The molecule has 11 heteroatoms. The number of non-ortho nitro benzene ring substituents is 1. The number of thiophene rings is 1. The molecular formula is C23H19N3O7S. The summed E-state index contributed by atoms with van der Waals surface area (Å²) in [5, 5.41) is 17.4. The summed E-state index contributed by atoms with van der Waals surface area (Å²) in [6, 6.07) is 16.5. The first-order valence-corrected chi connectivity index (χ1v) is 10.8. The van der Waals surface area contributed by atoms with Crippen molar-refractivity contribution in [3.63, 3.8) is 0 Å². The first kappa shape index (κ1) is 24.3. The van der Waals surface area contributed by atoms with Gasteiger partial charge in [0.05, 0.1) is 16.3 Å². The van der Waals surface area contributed by atoms with Crippen LogP contribution in [0.15, 0.2) is 72.1 Å². The Morgan fingerprint density at radius 2 is 1.62 bits per heavy atom. The van der Waals surface area contributed by atoms with Crippen molar-refractivity contribution in [1.29, 1.82) is 0 Å². The lowest BCUT2D eigenvalue weighted by atomic mass is 9.99. The monoisotopic (exact) mass is 481 g/mol. The molecule has 2 amide bonds. The van der Waals surface area contributed by atoms with Gasteiger partial charge in [0.15, 0.2) is 6.10 Å². The van der Waals surface area contributed by atoms with E-state index < -0.39 is 41.1 Å². The van der Waals surface area contributed by atoms with Gasteiger partial charge in [0.1, 0.15) is 6.54 Å². The number of carbonyl (C=O) groups is 4. The minimum atomic E-state index is -1.37. The van der Waals surface area contributed by atoms with Crippen molar-refractivity contribution in [2.45, 2.75) is 6.10 Å². The van der Waals surface area contributed by atoms with E-state index in [4.69, 9.17) is 4.74 Å². The molecule has 0 bridgehead atoms. The summed E-state index contributed by atoms with van der Waals surface area (Å²) in [5.41, 5.74) is 0.333. The highest BCUT2D eigenvalue weighted by Crippen LogP contribution is 2.25. The topological polar surface area (TPSA) is 145 Å². The van der Waals surface area contributed by atoms with E-state index in [1.807, 2.05) is 0 Å². The van der Waals surface area contributed by atoms with Crippen molar-refractivity contribution < 1.29 is 28.8 Å². The van der Waals surface area contributed by atoms with Gasteiger partial charge in [0.2, 0.25) is 11.7 Å². The fraction of sp³-hybridized carbons (Fsp3) is 0.130. The number of benzene rings is 2. The second-order valence-electron chi connectivity index (χ2n) is 6.89. The number of nitro benzene ring substituents is 1. The summed E-state index contributed by atoms with van der Waals surface area (Å²) in [6.07, 6.45) is -1.37. The zero-order chi connectivity index (χ0) is 24.5. The second-order valence-corrected chi connectivity index (χ2v) is 7.83. The van der Waals surface area contributed by atoms with Crippen molar-refractivity contribution in [3.8, 4) is 0 Å². The van der Waals surface area contributed by atoms with Crippen molar-refractivity contribution in [1.82, 2.24) is 10.6 Å². The fourth-order valence-electron chi connectivity index (χ4n) is 2.86. The van der Waals surface area contributed by atoms with Crippen molar-refractivity contribution in [2.24, 2.45) is 0 Å². The maximum Gasteiger partial charge on any atom is 0.326 e. The Bertz CT molecular complexity index is 1180. The van der Waals surface area contributed by atoms with E-state index in [1.54, 1.807) is 47.8 Å². The van der Waals surface area contributed by atoms with E-state index in [-0.39, 0.29) is 23.4 Å². The normalized spacial score (nSPS) is 11.2. The predicted molar refractivity (Wildman–Crippen MR) is 122 cm³/mol. The molecular weight excluding hydrogens is 462 g/mol. The molecule has 0 aliphatic heterocycles. The van der Waals surface area contributed by atoms with Crippen LogP contribution in [0.4, 0.5) is 5.69 Å². The highest BCUT2D eigenvalue weighted by atomic mass is 32.1. The number of rotatable bonds is 10. The van der Waals surface area contributed by atoms with E-state index >= 15 is 0 Å². The van der Waals surface area contributed by atoms with Gasteiger partial charge in [-0.2, -0.15) is 0 Å². The molecule has 10 nitrogen and oxygen atoms in total. The van der Waals surface area contributed by atoms with Crippen LogP contribution < -0.4 is 10.6 Å². The van der Waals surface area contributed by atoms with Gasteiger partial charge in [0.25, 0.3) is 11.6 Å². The molecule has 34 heavy (non-hydrogen) atoms. The van der Waals surface area contributed by atoms with Crippen LogP contribution in [0.25, 0.3) is 0 Å². The molecule has 3 aromatic rings. The maximum atomic E-state index is 13.0. The Labute approximate surface area is 197 Å². The number of nitrogens with zero attached hydrogens (tertiary/aromatic N) is 1. The predicted octanol–water partition coefficient (Wildman–Crippen LogP) is 2.67. The summed E-state index contributed by atoms with van der Waals surface area (Å²) >= 11 is 1.22. The molecule has 0 saturated carbocycles. The number of carbonyl (C=O) groups excluding carboxylic acids is 4. The van der Waals surface area contributed by atoms with Crippen LogP contribution in [0.2, 0.25) is 0 Å². The molecule has 0 aliphatic carbocycles. The third-order valence-electron chi connectivity index (χ3n) is 4.54. The number of hydrogen-bond donors (Lipinski definition) is 2. The van der Waals surface area contributed by atoms with Crippen molar-refractivity contribution >= 4 is 40.6 Å². The zero-order valence-corrected chi connectivity index (χ0v) is 18.4. The Morgan fingerprint density at radius 3 is 2.24 bits per heavy atom. The summed E-state index contributed by atoms with van der Waals surface area (Å²) < 4.78 is 5.33. The van der Waals surface area contributed by atoms with Crippen molar-refractivity contribution in [2.75, 3.05) is 13.1 Å². The van der Waals surface area contributed by atoms with Crippen LogP contribution in [0.5, 0.6) is 0 Å². The minimum Gasteiger partial charge on any atom is -0.448 e. The Hall–Kier alpha value is -4.38. The van der Waals surface area contributed by atoms with Gasteiger partial charge in [-0.25, -0.2) is 0 Å². The summed E-state index contributed by atoms with van der Waals surface area (Å²) in [6.45, 7) is -0.891. The standard InChI is InChI=1S/C23H19N3O7S/c27-19(13-25-23(30)18-7-4-12-34-18)24-14-20(28)33-22(21(29)15-5-2-1-3-6-15)16-8-10-17(11-9-16)26(31)32/h1-12,22H,13-14H2,(H,24,27)(H,25,30)/t22-/m1/s1. The highest BCUT2D eigenvalue weighted by Gasteiger charge is 2.27. The van der Waals surface area contributed by atoms with Gasteiger partial charge in [-0.05, 0) is 23.6 Å². The molecule has 1 atom stereocenters. The van der Waals surface area contributed by atoms with Crippen LogP contribution in [-0.4, -0.2) is 41.6 Å². The second kappa shape index (κ2) is 11.5. The van der Waals surface area contributed by atoms with E-state index in [0.717, 1.165) is 0 Å². The van der Waals surface area contributed by atoms with E-state index in [9.17, 15) is 29.3 Å². The molecule has 2 N–H and O–H groups in total. The molecule has 0 fully saturated rings. The van der Waals surface area contributed by atoms with E-state index in [2.05, 4.69) is 10.6 Å². The van der Waals surface area contributed by atoms with Crippen molar-refractivity contribution in [3.05, 3.63) is 98.2 Å². The minimum absolute atomic E-state index is 0.183. The highest BCUT2D eigenvalue weighted by molar-refractivity contribution is 7.12. The van der Waals surface area contributed by atoms with Crippen LogP contribution in [0.1, 0.15) is 31.7 Å². The number of amides is 2. The van der Waals surface area contributed by atoms with Gasteiger partial charge >= 0.3 is 5.97 Å². The summed E-state index contributed by atoms with van der Waals surface area (Å²) in [7, 11) is 0. The molecule has 0 radical (unpaired) electrons. The molecule has 0 spiro atoms. The van der Waals surface area contributed by atoms with Gasteiger partial charge in [-0.15, -0.1) is 11.3 Å². The summed E-state index contributed by atoms with van der Waals surface area (Å²) in [5.74, 6) is -2.47. The number of ether oxygens (including phenoxy) is 1. The Kier molecular flexibility index (Phi) is 8.19. The number of esters is 1. The average molecular weight is 481 g/mol. The maximum absolute atomic E-state index is 13.0. The summed E-state index contributed by atoms with van der Waals surface area (Å²) in [4.78, 5) is 60.0. The smallest absolute Gasteiger partial charge is 0.326 e. The lowest BCUT2D eigenvalue weighted by Gasteiger charge is -2.17. The SMILES string of the molecule is O=C(CNC(=O)c1cccs1)NCC(=O)O[C@@H](C(=O)c1ccccc1)c1ccc([N+](=O)[O-])cc1. The Morgan fingerprint density at radius 1 is 0.912 bits per heavy atom. The fourth-order valence-corrected chi connectivity index (χ4v) is 3.50. The van der Waals surface area contributed by atoms with Crippen LogP contribution in [-0.2, 0) is 14.3 Å². The molecule has 2 aromatic carbocycles. The molecule has 0 saturated heterocycles. The number of nitrogens with one attached hydrogen (secondary N) is 2. The average Bonchev–Trinajstić information content (AvgIpc) is 3.40. The molecule has 0 unspecified atom stereocenters. The first-order valence-electron chi connectivity index (χ1n) is 9.96. The number of hydrogen-bond acceptors (Lipinski definition) is 8. The van der Waals surface area contributed by atoms with Gasteiger partial charge < -0.3 is 15.4 Å². The third kappa shape index (κ3) is 6.56. The van der Waals surface area contributed by atoms with Gasteiger partial charge in [-0.1, -0.05) is 36.4 Å². The van der Waals surface area contributed by atoms with Gasteiger partial charge in [-0.3, -0.25) is 29.3 Å². The molecule has 1 heterocycles. The zero-order valence-electron chi connectivity index (χ0n) is 17.6. The third-order valence-corrected chi connectivity index (χ3v) is 5.41. The van der Waals surface area contributed by atoms with Crippen LogP contribution >= 0.6 is 11.3 Å². The molecule has 1 aromatic heterocycles. The molecule has 174 valence electrons. The Balaban J connectivity index is 1.62. The largest absolute Gasteiger partial charge is 0.448 e. The van der Waals surface area contributed by atoms with Crippen LogP contribution in [0.3, 0.4) is 0 Å². The number of nitro groups is 1. The quantitative estimate of drug-likeness (QED) is 0.196. The van der Waals surface area contributed by atoms with Crippen LogP contribution in [0, 0.1) is 10.1 Å². The number of Topliss-reactive ketones (excluding diaryl/α,β-unsaturated/α-hetero) is 1. The molecule has 0 aliphatic rings. The lowest BCUT2D eigenvalue weighted by Crippen LogP contribution is -2.39. The molecule has 3 rings (SSSR count). The van der Waals surface area contributed by atoms with E-state index in [0.29, 0.717) is 4.88 Å². The lowest BCUT2D eigenvalue weighted by molar-refractivity contribution is -0.384. The van der Waals surface area contributed by atoms with E-state index in [1.165, 1.54) is 35.6 Å². The first-order chi connectivity index (χ1) is 16.3.